The smallest absolute Gasteiger partial charge is 0.291 e. The van der Waals surface area contributed by atoms with Crippen molar-refractivity contribution in [1.82, 2.24) is 4.90 Å². The number of benzene rings is 2. The summed E-state index contributed by atoms with van der Waals surface area (Å²) in [5.41, 5.74) is 1.25. The fourth-order valence-corrected chi connectivity index (χ4v) is 3.66. The number of hydrogen-bond acceptors (Lipinski definition) is 4. The minimum atomic E-state index is -0.401. The lowest BCUT2D eigenvalue weighted by Crippen LogP contribution is -2.18. The van der Waals surface area contributed by atoms with E-state index >= 15 is 0 Å². The summed E-state index contributed by atoms with van der Waals surface area (Å²) in [7, 11) is 0. The molecule has 1 N–H and O–H groups in total. The molecule has 1 fully saturated rings. The van der Waals surface area contributed by atoms with Crippen molar-refractivity contribution in [3.8, 4) is 0 Å². The molecule has 0 radical (unpaired) electrons. The van der Waals surface area contributed by atoms with Crippen molar-refractivity contribution in [2.75, 3.05) is 18.4 Å². The fraction of sp³-hybridized carbons (Fsp3) is 0.217. The standard InChI is InChI=1S/C23H21ClN2O3/c24-17-8-10-20(19(14-17)22(27)16-6-2-1-3-7-16)25-23(28)21-11-9-18(29-21)15-26-12-4-5-13-26/h1-3,6-11,14H,4-5,12-13,15H2,(H,25,28). The maximum Gasteiger partial charge on any atom is 0.291 e. The van der Waals surface area contributed by atoms with Gasteiger partial charge in [-0.1, -0.05) is 41.9 Å². The van der Waals surface area contributed by atoms with Gasteiger partial charge in [0.25, 0.3) is 5.91 Å². The van der Waals surface area contributed by atoms with Crippen LogP contribution in [-0.4, -0.2) is 29.7 Å². The Kier molecular flexibility index (Phi) is 5.79. The number of likely N-dealkylation sites (tertiary alicyclic amines) is 1. The molecule has 2 heterocycles. The summed E-state index contributed by atoms with van der Waals surface area (Å²) in [5.74, 6) is 0.362. The molecule has 1 aliphatic rings. The van der Waals surface area contributed by atoms with Crippen LogP contribution < -0.4 is 5.32 Å². The predicted molar refractivity (Wildman–Crippen MR) is 112 cm³/mol. The maximum absolute atomic E-state index is 12.9. The summed E-state index contributed by atoms with van der Waals surface area (Å²) >= 11 is 6.10. The van der Waals surface area contributed by atoms with E-state index in [1.807, 2.05) is 12.1 Å². The van der Waals surface area contributed by atoms with E-state index in [0.717, 1.165) is 18.8 Å². The maximum atomic E-state index is 12.9. The molecule has 0 unspecified atom stereocenters. The van der Waals surface area contributed by atoms with Crippen LogP contribution in [0.15, 0.2) is 65.1 Å². The van der Waals surface area contributed by atoms with Gasteiger partial charge in [0.2, 0.25) is 0 Å². The average Bonchev–Trinajstić information content (AvgIpc) is 3.42. The highest BCUT2D eigenvalue weighted by Gasteiger charge is 2.19. The number of nitrogens with one attached hydrogen (secondary N) is 1. The molecular weight excluding hydrogens is 388 g/mol. The van der Waals surface area contributed by atoms with Crippen LogP contribution in [0.5, 0.6) is 0 Å². The molecule has 3 aromatic rings. The molecule has 0 saturated carbocycles. The van der Waals surface area contributed by atoms with E-state index < -0.39 is 5.91 Å². The highest BCUT2D eigenvalue weighted by molar-refractivity contribution is 6.31. The molecule has 6 heteroatoms. The van der Waals surface area contributed by atoms with Gasteiger partial charge < -0.3 is 9.73 Å². The molecule has 2 aromatic carbocycles. The monoisotopic (exact) mass is 408 g/mol. The minimum absolute atomic E-state index is 0.211. The van der Waals surface area contributed by atoms with Crippen LogP contribution in [0.25, 0.3) is 0 Å². The molecule has 1 amide bonds. The Hall–Kier alpha value is -2.89. The van der Waals surface area contributed by atoms with Gasteiger partial charge in [0.05, 0.1) is 12.2 Å². The first-order valence-electron chi connectivity index (χ1n) is 9.62. The van der Waals surface area contributed by atoms with Crippen molar-refractivity contribution in [3.63, 3.8) is 0 Å². The molecule has 0 aliphatic carbocycles. The third-order valence-electron chi connectivity index (χ3n) is 4.97. The molecule has 1 aromatic heterocycles. The molecule has 29 heavy (non-hydrogen) atoms. The number of amides is 1. The zero-order chi connectivity index (χ0) is 20.2. The van der Waals surface area contributed by atoms with E-state index in [4.69, 9.17) is 16.0 Å². The number of ketones is 1. The van der Waals surface area contributed by atoms with Crippen LogP contribution >= 0.6 is 11.6 Å². The van der Waals surface area contributed by atoms with Gasteiger partial charge in [-0.3, -0.25) is 14.5 Å². The van der Waals surface area contributed by atoms with Crippen LogP contribution in [0.3, 0.4) is 0 Å². The molecule has 5 nitrogen and oxygen atoms in total. The summed E-state index contributed by atoms with van der Waals surface area (Å²) in [4.78, 5) is 27.9. The number of rotatable bonds is 6. The van der Waals surface area contributed by atoms with E-state index in [1.165, 1.54) is 12.8 Å². The first-order valence-corrected chi connectivity index (χ1v) is 10.00. The molecular formula is C23H21ClN2O3. The summed E-state index contributed by atoms with van der Waals surface area (Å²) < 4.78 is 5.72. The Morgan fingerprint density at radius 2 is 1.76 bits per heavy atom. The topological polar surface area (TPSA) is 62.6 Å². The summed E-state index contributed by atoms with van der Waals surface area (Å²) in [6.07, 6.45) is 2.39. The Labute approximate surface area is 174 Å². The van der Waals surface area contributed by atoms with Crippen molar-refractivity contribution in [2.24, 2.45) is 0 Å². The Balaban J connectivity index is 1.52. The molecule has 4 rings (SSSR count). The van der Waals surface area contributed by atoms with Gasteiger partial charge in [-0.25, -0.2) is 0 Å². The summed E-state index contributed by atoms with van der Waals surface area (Å²) in [6, 6.07) is 17.2. The lowest BCUT2D eigenvalue weighted by Gasteiger charge is -2.12. The van der Waals surface area contributed by atoms with Crippen LogP contribution in [0.1, 0.15) is 45.1 Å². The Bertz CT molecular complexity index is 1020. The SMILES string of the molecule is O=C(Nc1ccc(Cl)cc1C(=O)c1ccccc1)c1ccc(CN2CCCC2)o1. The normalized spacial score (nSPS) is 14.1. The average molecular weight is 409 g/mol. The van der Waals surface area contributed by atoms with E-state index in [1.54, 1.807) is 48.5 Å². The van der Waals surface area contributed by atoms with Crippen LogP contribution in [0.4, 0.5) is 5.69 Å². The van der Waals surface area contributed by atoms with Crippen molar-refractivity contribution in [2.45, 2.75) is 19.4 Å². The molecule has 0 atom stereocenters. The number of carbonyl (C=O) groups excluding carboxylic acids is 2. The number of nitrogens with zero attached hydrogens (tertiary/aromatic N) is 1. The van der Waals surface area contributed by atoms with Gasteiger partial charge in [-0.2, -0.15) is 0 Å². The Morgan fingerprint density at radius 3 is 2.52 bits per heavy atom. The van der Waals surface area contributed by atoms with Crippen molar-refractivity contribution < 1.29 is 14.0 Å². The third-order valence-corrected chi connectivity index (χ3v) is 5.21. The molecule has 0 bridgehead atoms. The van der Waals surface area contributed by atoms with Gasteiger partial charge >= 0.3 is 0 Å². The largest absolute Gasteiger partial charge is 0.455 e. The highest BCUT2D eigenvalue weighted by Crippen LogP contribution is 2.25. The molecule has 148 valence electrons. The quantitative estimate of drug-likeness (QED) is 0.582. The second-order valence-electron chi connectivity index (χ2n) is 7.09. The summed E-state index contributed by atoms with van der Waals surface area (Å²) in [6.45, 7) is 2.81. The third kappa shape index (κ3) is 4.58. The second kappa shape index (κ2) is 8.64. The van der Waals surface area contributed by atoms with Crippen molar-refractivity contribution >= 4 is 29.0 Å². The first kappa shape index (κ1) is 19.4. The lowest BCUT2D eigenvalue weighted by atomic mass is 10.0. The lowest BCUT2D eigenvalue weighted by molar-refractivity contribution is 0.0993. The van der Waals surface area contributed by atoms with E-state index in [0.29, 0.717) is 28.4 Å². The predicted octanol–water partition coefficient (Wildman–Crippen LogP) is 5.01. The van der Waals surface area contributed by atoms with Gasteiger partial charge in [0.15, 0.2) is 11.5 Å². The number of halogens is 1. The number of anilines is 1. The Morgan fingerprint density at radius 1 is 1.00 bits per heavy atom. The van der Waals surface area contributed by atoms with Gasteiger partial charge in [-0.05, 0) is 56.3 Å². The number of hydrogen-bond donors (Lipinski definition) is 1. The van der Waals surface area contributed by atoms with Crippen molar-refractivity contribution in [3.05, 3.63) is 88.3 Å². The van der Waals surface area contributed by atoms with E-state index in [2.05, 4.69) is 10.2 Å². The van der Waals surface area contributed by atoms with Crippen LogP contribution in [0.2, 0.25) is 5.02 Å². The minimum Gasteiger partial charge on any atom is -0.455 e. The van der Waals surface area contributed by atoms with Crippen molar-refractivity contribution in [1.29, 1.82) is 0 Å². The first-order chi connectivity index (χ1) is 14.1. The van der Waals surface area contributed by atoms with Gasteiger partial charge in [0, 0.05) is 16.1 Å². The highest BCUT2D eigenvalue weighted by atomic mass is 35.5. The summed E-state index contributed by atoms with van der Waals surface area (Å²) in [5, 5.41) is 3.21. The van der Waals surface area contributed by atoms with Gasteiger partial charge in [0.1, 0.15) is 5.76 Å². The van der Waals surface area contributed by atoms with Crippen LogP contribution in [-0.2, 0) is 6.54 Å². The molecule has 0 spiro atoms. The fourth-order valence-electron chi connectivity index (χ4n) is 3.49. The van der Waals surface area contributed by atoms with Crippen LogP contribution in [0, 0.1) is 0 Å². The zero-order valence-corrected chi connectivity index (χ0v) is 16.6. The van der Waals surface area contributed by atoms with Gasteiger partial charge in [-0.15, -0.1) is 0 Å². The second-order valence-corrected chi connectivity index (χ2v) is 7.52. The molecule has 1 saturated heterocycles. The zero-order valence-electron chi connectivity index (χ0n) is 15.9. The van der Waals surface area contributed by atoms with E-state index in [9.17, 15) is 9.59 Å². The molecule has 1 aliphatic heterocycles. The number of furan rings is 1. The van der Waals surface area contributed by atoms with E-state index in [-0.39, 0.29) is 11.5 Å². The number of carbonyl (C=O) groups is 2.